The fourth-order valence-corrected chi connectivity index (χ4v) is 3.27. The number of rotatable bonds is 4. The number of carbonyl (C=O) groups is 1. The summed E-state index contributed by atoms with van der Waals surface area (Å²) in [7, 11) is 3.03. The highest BCUT2D eigenvalue weighted by Gasteiger charge is 2.34. The van der Waals surface area contributed by atoms with E-state index in [0.717, 1.165) is 11.8 Å². The van der Waals surface area contributed by atoms with Gasteiger partial charge in [-0.1, -0.05) is 0 Å². The summed E-state index contributed by atoms with van der Waals surface area (Å²) in [5.74, 6) is 0.265. The van der Waals surface area contributed by atoms with Crippen molar-refractivity contribution >= 4 is 40.1 Å². The Morgan fingerprint density at radius 1 is 1.00 bits per heavy atom. The molecule has 2 aromatic carbocycles. The molecule has 33 heavy (non-hydrogen) atoms. The second-order valence-electron chi connectivity index (χ2n) is 7.30. The summed E-state index contributed by atoms with van der Waals surface area (Å²) in [6, 6.07) is 9.66. The molecule has 2 heterocycles. The average molecular weight is 456 g/mol. The Hall–Kier alpha value is -4.35. The van der Waals surface area contributed by atoms with E-state index in [9.17, 15) is 18.0 Å². The molecule has 4 rings (SSSR count). The second kappa shape index (κ2) is 8.30. The van der Waals surface area contributed by atoms with Gasteiger partial charge in [-0.05, 0) is 42.5 Å². The van der Waals surface area contributed by atoms with Crippen LogP contribution in [0.5, 0.6) is 0 Å². The fraction of sp³-hybridized carbons (Fsp3) is 0.143. The maximum atomic E-state index is 13.4. The van der Waals surface area contributed by atoms with Crippen molar-refractivity contribution < 1.29 is 18.0 Å². The Morgan fingerprint density at radius 3 is 2.33 bits per heavy atom. The van der Waals surface area contributed by atoms with Crippen molar-refractivity contribution in [3.63, 3.8) is 0 Å². The molecule has 12 heteroatoms. The minimum absolute atomic E-state index is 0.00287. The third-order valence-electron chi connectivity index (χ3n) is 4.81. The average Bonchev–Trinajstić information content (AvgIpc) is 3.19. The highest BCUT2D eigenvalue weighted by Crippen LogP contribution is 2.37. The van der Waals surface area contributed by atoms with E-state index in [0.29, 0.717) is 16.9 Å². The molecule has 9 nitrogen and oxygen atoms in total. The largest absolute Gasteiger partial charge is 0.418 e. The van der Waals surface area contributed by atoms with Crippen LogP contribution in [0.15, 0.2) is 55.1 Å². The first kappa shape index (κ1) is 21.9. The van der Waals surface area contributed by atoms with Gasteiger partial charge in [0.25, 0.3) is 0 Å². The number of nitrogens with one attached hydrogen (secondary N) is 2. The number of carbonyl (C=O) groups excluding carboxylic acids is 1. The quantitative estimate of drug-likeness (QED) is 0.426. The van der Waals surface area contributed by atoms with Crippen LogP contribution in [0.4, 0.5) is 40.8 Å². The van der Waals surface area contributed by atoms with Crippen LogP contribution in [0.3, 0.4) is 0 Å². The van der Waals surface area contributed by atoms with E-state index in [1.54, 1.807) is 35.2 Å². The molecular weight excluding hydrogens is 437 g/mol. The smallest absolute Gasteiger partial charge is 0.382 e. The van der Waals surface area contributed by atoms with E-state index >= 15 is 0 Å². The van der Waals surface area contributed by atoms with Crippen molar-refractivity contribution in [2.45, 2.75) is 6.18 Å². The van der Waals surface area contributed by atoms with Crippen molar-refractivity contribution in [1.29, 1.82) is 0 Å². The molecule has 0 aliphatic rings. The van der Waals surface area contributed by atoms with Crippen LogP contribution in [0.25, 0.3) is 16.9 Å². The first-order valence-corrected chi connectivity index (χ1v) is 9.64. The Balaban J connectivity index is 1.49. The summed E-state index contributed by atoms with van der Waals surface area (Å²) in [6.07, 6.45) is -1.66. The standard InChI is InChI=1S/C21H19F3N8O/c1-31(2)16-8-5-13(9-15(16)21(22,23)24)30-20(33)29-12-3-6-14(7-4-12)32-11-28-17-18(25)26-10-27-19(17)32/h3-11H,1-2H3,(H2,25,26,27)(H2,29,30,33). The van der Waals surface area contributed by atoms with E-state index in [2.05, 4.69) is 25.6 Å². The summed E-state index contributed by atoms with van der Waals surface area (Å²) in [6.45, 7) is 0. The van der Waals surface area contributed by atoms with E-state index in [1.807, 2.05) is 0 Å². The van der Waals surface area contributed by atoms with Gasteiger partial charge in [-0.3, -0.25) is 4.57 Å². The lowest BCUT2D eigenvalue weighted by molar-refractivity contribution is -0.137. The predicted octanol–water partition coefficient (Wildman–Crippen LogP) is 4.13. The van der Waals surface area contributed by atoms with E-state index in [1.165, 1.54) is 37.5 Å². The number of nitrogens with two attached hydrogens (primary N) is 1. The molecule has 0 saturated carbocycles. The molecule has 0 aliphatic carbocycles. The number of hydrogen-bond donors (Lipinski definition) is 3. The molecule has 2 aromatic heterocycles. The Bertz CT molecular complexity index is 1320. The number of nitrogens with zero attached hydrogens (tertiary/aromatic N) is 5. The monoisotopic (exact) mass is 456 g/mol. The molecule has 0 atom stereocenters. The van der Waals surface area contributed by atoms with Gasteiger partial charge in [0.05, 0.1) is 5.56 Å². The maximum absolute atomic E-state index is 13.4. The lowest BCUT2D eigenvalue weighted by atomic mass is 10.1. The second-order valence-corrected chi connectivity index (χ2v) is 7.30. The summed E-state index contributed by atoms with van der Waals surface area (Å²) < 4.78 is 41.8. The van der Waals surface area contributed by atoms with Crippen LogP contribution in [-0.2, 0) is 6.18 Å². The molecule has 0 aliphatic heterocycles. The summed E-state index contributed by atoms with van der Waals surface area (Å²) in [5, 5.41) is 5.02. The van der Waals surface area contributed by atoms with Crippen LogP contribution in [0.2, 0.25) is 0 Å². The number of imidazole rings is 1. The number of nitrogen functional groups attached to an aromatic ring is 1. The zero-order chi connectivity index (χ0) is 23.8. The Labute approximate surface area is 186 Å². The summed E-state index contributed by atoms with van der Waals surface area (Å²) in [5.41, 5.74) is 7.14. The molecule has 0 bridgehead atoms. The molecule has 4 aromatic rings. The molecule has 4 N–H and O–H groups in total. The van der Waals surface area contributed by atoms with Gasteiger partial charge in [0.15, 0.2) is 17.0 Å². The van der Waals surface area contributed by atoms with Crippen LogP contribution in [-0.4, -0.2) is 39.6 Å². The van der Waals surface area contributed by atoms with Crippen molar-refractivity contribution in [2.75, 3.05) is 35.4 Å². The molecule has 0 fully saturated rings. The number of urea groups is 1. The lowest BCUT2D eigenvalue weighted by Gasteiger charge is -2.20. The molecule has 0 spiro atoms. The predicted molar refractivity (Wildman–Crippen MR) is 119 cm³/mol. The van der Waals surface area contributed by atoms with Gasteiger partial charge >= 0.3 is 12.2 Å². The third kappa shape index (κ3) is 4.49. The van der Waals surface area contributed by atoms with Crippen LogP contribution in [0.1, 0.15) is 5.56 Å². The maximum Gasteiger partial charge on any atom is 0.418 e. The minimum Gasteiger partial charge on any atom is -0.382 e. The highest BCUT2D eigenvalue weighted by atomic mass is 19.4. The Kier molecular flexibility index (Phi) is 5.50. The van der Waals surface area contributed by atoms with E-state index in [-0.39, 0.29) is 17.2 Å². The Morgan fingerprint density at radius 2 is 1.67 bits per heavy atom. The normalized spacial score (nSPS) is 11.4. The SMILES string of the molecule is CN(C)c1ccc(NC(=O)Nc2ccc(-n3cnc4c(N)ncnc43)cc2)cc1C(F)(F)F. The van der Waals surface area contributed by atoms with Crippen molar-refractivity contribution in [1.82, 2.24) is 19.5 Å². The zero-order valence-electron chi connectivity index (χ0n) is 17.6. The molecule has 2 amide bonds. The number of amides is 2. The topological polar surface area (TPSA) is 114 Å². The molecule has 0 radical (unpaired) electrons. The number of fused-ring (bicyclic) bond motifs is 1. The number of benzene rings is 2. The number of alkyl halides is 3. The lowest BCUT2D eigenvalue weighted by Crippen LogP contribution is -2.21. The van der Waals surface area contributed by atoms with Gasteiger partial charge in [0.1, 0.15) is 12.7 Å². The number of anilines is 4. The first-order chi connectivity index (χ1) is 15.6. The molecular formula is C21H19F3N8O. The first-order valence-electron chi connectivity index (χ1n) is 9.64. The van der Waals surface area contributed by atoms with Crippen molar-refractivity contribution in [3.8, 4) is 5.69 Å². The minimum atomic E-state index is -4.56. The number of aromatic nitrogens is 4. The van der Waals surface area contributed by atoms with Gasteiger partial charge in [-0.2, -0.15) is 13.2 Å². The van der Waals surface area contributed by atoms with Gasteiger partial charge < -0.3 is 21.3 Å². The molecule has 0 saturated heterocycles. The molecule has 170 valence electrons. The van der Waals surface area contributed by atoms with Gasteiger partial charge in [0, 0.05) is 36.8 Å². The highest BCUT2D eigenvalue weighted by molar-refractivity contribution is 6.00. The van der Waals surface area contributed by atoms with Gasteiger partial charge in [-0.25, -0.2) is 19.7 Å². The van der Waals surface area contributed by atoms with Crippen LogP contribution < -0.4 is 21.3 Å². The van der Waals surface area contributed by atoms with Crippen molar-refractivity contribution in [2.24, 2.45) is 0 Å². The number of hydrogen-bond acceptors (Lipinski definition) is 6. The number of halogens is 3. The van der Waals surface area contributed by atoms with E-state index in [4.69, 9.17) is 5.73 Å². The van der Waals surface area contributed by atoms with Crippen LogP contribution >= 0.6 is 0 Å². The van der Waals surface area contributed by atoms with Gasteiger partial charge in [-0.15, -0.1) is 0 Å². The van der Waals surface area contributed by atoms with Crippen LogP contribution in [0, 0.1) is 0 Å². The van der Waals surface area contributed by atoms with Gasteiger partial charge in [0.2, 0.25) is 0 Å². The molecule has 0 unspecified atom stereocenters. The zero-order valence-corrected chi connectivity index (χ0v) is 17.6. The van der Waals surface area contributed by atoms with Crippen molar-refractivity contribution in [3.05, 3.63) is 60.7 Å². The van der Waals surface area contributed by atoms with E-state index < -0.39 is 17.8 Å². The third-order valence-corrected chi connectivity index (χ3v) is 4.81. The fourth-order valence-electron chi connectivity index (χ4n) is 3.27. The summed E-state index contributed by atoms with van der Waals surface area (Å²) >= 11 is 0. The summed E-state index contributed by atoms with van der Waals surface area (Å²) in [4.78, 5) is 26.0.